The smallest absolute Gasteiger partial charge is 0.309 e. The number of aliphatic hydroxyl groups is 2. The molecule has 0 spiro atoms. The van der Waals surface area contributed by atoms with Crippen LogP contribution in [0.1, 0.15) is 33.6 Å². The van der Waals surface area contributed by atoms with Crippen molar-refractivity contribution < 1.29 is 19.7 Å². The van der Waals surface area contributed by atoms with Crippen molar-refractivity contribution in [2.24, 2.45) is 11.8 Å². The zero-order valence-electron chi connectivity index (χ0n) is 11.7. The lowest BCUT2D eigenvalue weighted by Gasteiger charge is -2.25. The Balaban J connectivity index is 2.34. The van der Waals surface area contributed by atoms with Crippen molar-refractivity contribution in [1.29, 1.82) is 0 Å². The van der Waals surface area contributed by atoms with E-state index in [1.54, 1.807) is 19.9 Å². The number of carbonyl (C=O) groups excluding carboxylic acids is 1. The first kappa shape index (κ1) is 14.3. The summed E-state index contributed by atoms with van der Waals surface area (Å²) in [7, 11) is 0. The van der Waals surface area contributed by atoms with Gasteiger partial charge in [-0.05, 0) is 25.8 Å². The zero-order valence-corrected chi connectivity index (χ0v) is 11.7. The molecule has 1 heterocycles. The molecule has 19 heavy (non-hydrogen) atoms. The van der Waals surface area contributed by atoms with Gasteiger partial charge in [-0.1, -0.05) is 24.6 Å². The van der Waals surface area contributed by atoms with Gasteiger partial charge in [0.05, 0.1) is 18.1 Å². The second kappa shape index (κ2) is 5.47. The molecule has 4 heteroatoms. The summed E-state index contributed by atoms with van der Waals surface area (Å²) in [5.41, 5.74) is 1.82. The number of ether oxygens (including phenoxy) is 1. The van der Waals surface area contributed by atoms with Crippen LogP contribution in [0, 0.1) is 11.8 Å². The van der Waals surface area contributed by atoms with Gasteiger partial charge >= 0.3 is 5.97 Å². The van der Waals surface area contributed by atoms with Crippen molar-refractivity contribution >= 4 is 5.97 Å². The maximum atomic E-state index is 11.7. The average molecular weight is 266 g/mol. The van der Waals surface area contributed by atoms with Gasteiger partial charge in [0.2, 0.25) is 0 Å². The van der Waals surface area contributed by atoms with Gasteiger partial charge in [-0.15, -0.1) is 0 Å². The van der Waals surface area contributed by atoms with Crippen LogP contribution in [0.25, 0.3) is 0 Å². The van der Waals surface area contributed by atoms with Crippen LogP contribution in [-0.4, -0.2) is 34.5 Å². The first-order chi connectivity index (χ1) is 8.90. The lowest BCUT2D eigenvalue weighted by atomic mass is 9.82. The molecule has 5 atom stereocenters. The van der Waals surface area contributed by atoms with Crippen LogP contribution >= 0.6 is 0 Å². The molecule has 2 N–H and O–H groups in total. The Bertz CT molecular complexity index is 424. The van der Waals surface area contributed by atoms with Crippen molar-refractivity contribution in [3.63, 3.8) is 0 Å². The second-order valence-corrected chi connectivity index (χ2v) is 5.75. The highest BCUT2D eigenvalue weighted by atomic mass is 16.6. The highest BCUT2D eigenvalue weighted by Gasteiger charge is 2.45. The number of aliphatic hydroxyl groups excluding tert-OH is 2. The van der Waals surface area contributed by atoms with Gasteiger partial charge in [-0.3, -0.25) is 4.79 Å². The van der Waals surface area contributed by atoms with Crippen LogP contribution in [0.2, 0.25) is 0 Å². The van der Waals surface area contributed by atoms with Crippen LogP contribution in [-0.2, 0) is 9.53 Å². The third kappa shape index (κ3) is 2.90. The van der Waals surface area contributed by atoms with Crippen molar-refractivity contribution in [3.05, 3.63) is 23.3 Å². The minimum Gasteiger partial charge on any atom is -0.461 e. The molecule has 0 radical (unpaired) electrons. The molecule has 1 aliphatic heterocycles. The molecule has 2 aliphatic rings. The Labute approximate surface area is 113 Å². The Morgan fingerprint density at radius 3 is 2.68 bits per heavy atom. The highest BCUT2D eigenvalue weighted by molar-refractivity contribution is 5.75. The largest absolute Gasteiger partial charge is 0.461 e. The zero-order chi connectivity index (χ0) is 14.2. The number of fused-ring (bicyclic) bond motifs is 1. The molecule has 0 aromatic heterocycles. The molecule has 2 rings (SSSR count). The van der Waals surface area contributed by atoms with E-state index in [0.29, 0.717) is 12.8 Å². The normalized spacial score (nSPS) is 40.1. The molecular weight excluding hydrogens is 244 g/mol. The third-order valence-electron chi connectivity index (χ3n) is 4.21. The van der Waals surface area contributed by atoms with E-state index in [9.17, 15) is 15.0 Å². The van der Waals surface area contributed by atoms with Gasteiger partial charge < -0.3 is 14.9 Å². The number of esters is 1. The molecule has 0 saturated carbocycles. The SMILES string of the molecule is CC1=CCC(O)C(C)=CC(O)C2C(C1)OC(=O)C2C. The molecule has 0 aromatic rings. The number of hydrogen-bond donors (Lipinski definition) is 2. The van der Waals surface area contributed by atoms with Crippen LogP contribution in [0.4, 0.5) is 0 Å². The summed E-state index contributed by atoms with van der Waals surface area (Å²) in [5.74, 6) is -0.794. The predicted molar refractivity (Wildman–Crippen MR) is 71.3 cm³/mol. The Morgan fingerprint density at radius 1 is 1.32 bits per heavy atom. The minimum atomic E-state index is -0.757. The van der Waals surface area contributed by atoms with Gasteiger partial charge in [-0.2, -0.15) is 0 Å². The van der Waals surface area contributed by atoms with Crippen molar-refractivity contribution in [3.8, 4) is 0 Å². The first-order valence-corrected chi connectivity index (χ1v) is 6.80. The summed E-state index contributed by atoms with van der Waals surface area (Å²) in [6.07, 6.45) is 3.19. The van der Waals surface area contributed by atoms with Gasteiger partial charge in [-0.25, -0.2) is 0 Å². The molecule has 0 bridgehead atoms. The summed E-state index contributed by atoms with van der Waals surface area (Å²) < 4.78 is 5.38. The summed E-state index contributed by atoms with van der Waals surface area (Å²) in [4.78, 5) is 11.7. The fraction of sp³-hybridized carbons (Fsp3) is 0.667. The van der Waals surface area contributed by atoms with E-state index in [1.165, 1.54) is 0 Å². The first-order valence-electron chi connectivity index (χ1n) is 6.80. The monoisotopic (exact) mass is 266 g/mol. The summed E-state index contributed by atoms with van der Waals surface area (Å²) >= 11 is 0. The predicted octanol–water partition coefficient (Wildman–Crippen LogP) is 1.57. The maximum Gasteiger partial charge on any atom is 0.309 e. The number of hydrogen-bond acceptors (Lipinski definition) is 4. The number of carbonyl (C=O) groups is 1. The average Bonchev–Trinajstić information content (AvgIpc) is 2.60. The molecule has 1 fully saturated rings. The van der Waals surface area contributed by atoms with Gasteiger partial charge in [0, 0.05) is 12.3 Å². The van der Waals surface area contributed by atoms with E-state index < -0.39 is 12.2 Å². The quantitative estimate of drug-likeness (QED) is 0.516. The molecule has 1 saturated heterocycles. The fourth-order valence-corrected chi connectivity index (χ4v) is 2.90. The van der Waals surface area contributed by atoms with Crippen molar-refractivity contribution in [1.82, 2.24) is 0 Å². The van der Waals surface area contributed by atoms with E-state index in [0.717, 1.165) is 11.1 Å². The summed E-state index contributed by atoms with van der Waals surface area (Å²) in [5, 5.41) is 20.3. The minimum absolute atomic E-state index is 0.240. The van der Waals surface area contributed by atoms with Gasteiger partial charge in [0.25, 0.3) is 0 Å². The van der Waals surface area contributed by atoms with Crippen LogP contribution in [0.3, 0.4) is 0 Å². The third-order valence-corrected chi connectivity index (χ3v) is 4.21. The Hall–Kier alpha value is -1.13. The Morgan fingerprint density at radius 2 is 2.00 bits per heavy atom. The van der Waals surface area contributed by atoms with E-state index >= 15 is 0 Å². The van der Waals surface area contributed by atoms with Crippen molar-refractivity contribution in [2.45, 2.75) is 51.9 Å². The Kier molecular flexibility index (Phi) is 4.11. The van der Waals surface area contributed by atoms with E-state index in [2.05, 4.69) is 0 Å². The van der Waals surface area contributed by atoms with E-state index in [4.69, 9.17) is 4.74 Å². The summed E-state index contributed by atoms with van der Waals surface area (Å²) in [6.45, 7) is 5.56. The topological polar surface area (TPSA) is 66.8 Å². The number of rotatable bonds is 0. The summed E-state index contributed by atoms with van der Waals surface area (Å²) in [6, 6.07) is 0. The van der Waals surface area contributed by atoms with E-state index in [1.807, 2.05) is 13.0 Å². The maximum absolute atomic E-state index is 11.7. The van der Waals surface area contributed by atoms with Crippen LogP contribution in [0.15, 0.2) is 23.3 Å². The van der Waals surface area contributed by atoms with Crippen LogP contribution < -0.4 is 0 Å². The molecule has 1 aliphatic carbocycles. The van der Waals surface area contributed by atoms with Gasteiger partial charge in [0.1, 0.15) is 6.10 Å². The van der Waals surface area contributed by atoms with Crippen molar-refractivity contribution in [2.75, 3.05) is 0 Å². The fourth-order valence-electron chi connectivity index (χ4n) is 2.90. The second-order valence-electron chi connectivity index (χ2n) is 5.75. The molecular formula is C15H22O4. The lowest BCUT2D eigenvalue weighted by Crippen LogP contribution is -2.32. The molecule has 0 aromatic carbocycles. The molecule has 5 unspecified atom stereocenters. The molecule has 106 valence electrons. The van der Waals surface area contributed by atoms with Gasteiger partial charge in [0.15, 0.2) is 0 Å². The van der Waals surface area contributed by atoms with Crippen LogP contribution in [0.5, 0.6) is 0 Å². The standard InChI is InChI=1S/C15H22O4/c1-8-4-5-11(16)9(2)7-12(17)14-10(3)15(18)19-13(14)6-8/h4,7,10-14,16-17H,5-6H2,1-3H3. The van der Waals surface area contributed by atoms with E-state index in [-0.39, 0.29) is 23.9 Å². The molecule has 0 amide bonds. The molecule has 4 nitrogen and oxygen atoms in total. The highest BCUT2D eigenvalue weighted by Crippen LogP contribution is 2.36. The lowest BCUT2D eigenvalue weighted by molar-refractivity contribution is -0.143.